The van der Waals surface area contributed by atoms with Crippen LogP contribution in [0.4, 0.5) is 0 Å². The lowest BCUT2D eigenvalue weighted by Crippen LogP contribution is -2.32. The van der Waals surface area contributed by atoms with Crippen LogP contribution >= 0.6 is 15.9 Å². The number of hydrogen-bond acceptors (Lipinski definition) is 6. The lowest BCUT2D eigenvalue weighted by Gasteiger charge is -2.29. The molecule has 1 aromatic carbocycles. The molecule has 8 heteroatoms. The number of hydrogen-bond donors (Lipinski definition) is 1. The number of rotatable bonds is 12. The van der Waals surface area contributed by atoms with Crippen LogP contribution in [-0.4, -0.2) is 65.4 Å². The van der Waals surface area contributed by atoms with Crippen molar-refractivity contribution in [3.05, 3.63) is 58.0 Å². The van der Waals surface area contributed by atoms with Crippen LogP contribution in [0.25, 0.3) is 0 Å². The van der Waals surface area contributed by atoms with Gasteiger partial charge in [-0.1, -0.05) is 15.9 Å². The van der Waals surface area contributed by atoms with Gasteiger partial charge in [0.15, 0.2) is 11.5 Å². The Bertz CT molecular complexity index is 851. The van der Waals surface area contributed by atoms with Gasteiger partial charge in [-0.15, -0.1) is 0 Å². The van der Waals surface area contributed by atoms with E-state index in [9.17, 15) is 4.79 Å². The van der Waals surface area contributed by atoms with Crippen molar-refractivity contribution in [3.8, 4) is 11.5 Å². The van der Waals surface area contributed by atoms with Crippen LogP contribution in [0, 0.1) is 0 Å². The Morgan fingerprint density at radius 3 is 2.44 bits per heavy atom. The molecule has 0 saturated carbocycles. The average Bonchev–Trinajstić information content (AvgIpc) is 2.80. The minimum atomic E-state index is -0.177. The van der Waals surface area contributed by atoms with Crippen LogP contribution in [0.3, 0.4) is 0 Å². The Hall–Kier alpha value is -2.45. The van der Waals surface area contributed by atoms with Gasteiger partial charge in [-0.3, -0.25) is 9.69 Å². The number of carbonyl (C=O) groups excluding carboxylic acids is 1. The molecule has 0 bridgehead atoms. The fourth-order valence-electron chi connectivity index (χ4n) is 3.56. The summed E-state index contributed by atoms with van der Waals surface area (Å²) in [7, 11) is 6.38. The maximum absolute atomic E-state index is 12.7. The fraction of sp³-hybridized carbons (Fsp3) is 0.458. The van der Waals surface area contributed by atoms with Crippen molar-refractivity contribution >= 4 is 21.8 Å². The summed E-state index contributed by atoms with van der Waals surface area (Å²) >= 11 is 3.41. The van der Waals surface area contributed by atoms with Crippen LogP contribution in [0.5, 0.6) is 11.5 Å². The first-order valence-electron chi connectivity index (χ1n) is 10.6. The van der Waals surface area contributed by atoms with Gasteiger partial charge in [-0.25, -0.2) is 0 Å². The molecule has 7 nitrogen and oxygen atoms in total. The van der Waals surface area contributed by atoms with Crippen LogP contribution < -0.4 is 14.8 Å². The lowest BCUT2D eigenvalue weighted by molar-refractivity contribution is 0.0948. The number of nitrogens with zero attached hydrogens (tertiary/aromatic N) is 1. The quantitative estimate of drug-likeness (QED) is 0.335. The predicted molar refractivity (Wildman–Crippen MR) is 129 cm³/mol. The Morgan fingerprint density at radius 2 is 1.78 bits per heavy atom. The number of ether oxygens (including phenoxy) is 4. The molecular formula is C24H33BrN2O5. The molecule has 0 spiro atoms. The first-order chi connectivity index (χ1) is 15.5. The average molecular weight is 509 g/mol. The summed E-state index contributed by atoms with van der Waals surface area (Å²) in [6.07, 6.45) is 10.3. The molecule has 0 atom stereocenters. The second-order valence-corrected chi connectivity index (χ2v) is 8.22. The number of amides is 1. The molecule has 1 heterocycles. The molecule has 1 aliphatic rings. The SMILES string of the molecule is COC=CC1=C(C=COC)CN(CCCCNC(=O)c2cc(Br)cc(OC)c2OC)CC1. The van der Waals surface area contributed by atoms with Gasteiger partial charge in [0, 0.05) is 24.1 Å². The molecule has 1 aliphatic heterocycles. The van der Waals surface area contributed by atoms with Crippen LogP contribution in [0.1, 0.15) is 29.6 Å². The molecule has 2 rings (SSSR count). The summed E-state index contributed by atoms with van der Waals surface area (Å²) in [4.78, 5) is 15.1. The third kappa shape index (κ3) is 7.60. The summed E-state index contributed by atoms with van der Waals surface area (Å²) in [5, 5.41) is 2.98. The Labute approximate surface area is 199 Å². The van der Waals surface area contributed by atoms with E-state index in [0.717, 1.165) is 43.4 Å². The topological polar surface area (TPSA) is 69.3 Å². The van der Waals surface area contributed by atoms with E-state index in [4.69, 9.17) is 18.9 Å². The Balaban J connectivity index is 1.84. The van der Waals surface area contributed by atoms with Gasteiger partial charge in [-0.05, 0) is 61.2 Å². The number of unbranched alkanes of at least 4 members (excludes halogenated alkanes) is 1. The van der Waals surface area contributed by atoms with E-state index in [-0.39, 0.29) is 5.91 Å². The Morgan fingerprint density at radius 1 is 1.06 bits per heavy atom. The first kappa shape index (κ1) is 25.8. The zero-order valence-corrected chi connectivity index (χ0v) is 20.9. The minimum Gasteiger partial charge on any atom is -0.504 e. The van der Waals surface area contributed by atoms with Gasteiger partial charge in [0.2, 0.25) is 0 Å². The molecule has 0 fully saturated rings. The normalized spacial score (nSPS) is 14.8. The number of halogens is 1. The summed E-state index contributed by atoms with van der Waals surface area (Å²) in [5.41, 5.74) is 2.95. The summed E-state index contributed by atoms with van der Waals surface area (Å²) < 4.78 is 21.6. The number of nitrogens with one attached hydrogen (secondary N) is 1. The zero-order chi connectivity index (χ0) is 23.3. The predicted octanol–water partition coefficient (Wildman–Crippen LogP) is 4.30. The second kappa shape index (κ2) is 13.9. The van der Waals surface area contributed by atoms with Crippen LogP contribution in [0.15, 0.2) is 52.4 Å². The molecule has 0 aromatic heterocycles. The van der Waals surface area contributed by atoms with Crippen molar-refractivity contribution in [1.82, 2.24) is 10.2 Å². The van der Waals surface area contributed by atoms with Gasteiger partial charge in [-0.2, -0.15) is 0 Å². The van der Waals surface area contributed by atoms with E-state index < -0.39 is 0 Å². The van der Waals surface area contributed by atoms with Crippen molar-refractivity contribution in [2.75, 3.05) is 54.6 Å². The first-order valence-corrected chi connectivity index (χ1v) is 11.4. The molecule has 1 N–H and O–H groups in total. The molecule has 0 radical (unpaired) electrons. The van der Waals surface area contributed by atoms with Gasteiger partial charge in [0.1, 0.15) is 0 Å². The van der Waals surface area contributed by atoms with E-state index in [0.29, 0.717) is 23.6 Å². The minimum absolute atomic E-state index is 0.177. The molecule has 0 saturated heterocycles. The van der Waals surface area contributed by atoms with Crippen molar-refractivity contribution in [2.24, 2.45) is 0 Å². The van der Waals surface area contributed by atoms with E-state index in [1.54, 1.807) is 46.0 Å². The van der Waals surface area contributed by atoms with Gasteiger partial charge < -0.3 is 24.3 Å². The zero-order valence-electron chi connectivity index (χ0n) is 19.3. The molecule has 0 unspecified atom stereocenters. The largest absolute Gasteiger partial charge is 0.504 e. The summed E-state index contributed by atoms with van der Waals surface area (Å²) in [6, 6.07) is 3.51. The fourth-order valence-corrected chi connectivity index (χ4v) is 4.00. The van der Waals surface area contributed by atoms with Crippen molar-refractivity contribution in [3.63, 3.8) is 0 Å². The number of carbonyl (C=O) groups is 1. The summed E-state index contributed by atoms with van der Waals surface area (Å²) in [6.45, 7) is 3.42. The molecule has 1 amide bonds. The highest BCUT2D eigenvalue weighted by Crippen LogP contribution is 2.34. The second-order valence-electron chi connectivity index (χ2n) is 7.31. The number of benzene rings is 1. The molecular weight excluding hydrogens is 476 g/mol. The highest BCUT2D eigenvalue weighted by atomic mass is 79.9. The van der Waals surface area contributed by atoms with E-state index in [1.165, 1.54) is 18.3 Å². The van der Waals surface area contributed by atoms with E-state index in [2.05, 4.69) is 26.1 Å². The van der Waals surface area contributed by atoms with Gasteiger partial charge in [0.25, 0.3) is 5.91 Å². The lowest BCUT2D eigenvalue weighted by atomic mass is 9.99. The van der Waals surface area contributed by atoms with E-state index in [1.807, 2.05) is 12.2 Å². The summed E-state index contributed by atoms with van der Waals surface area (Å²) in [5.74, 6) is 0.774. The van der Waals surface area contributed by atoms with Gasteiger partial charge in [0.05, 0.1) is 46.5 Å². The highest BCUT2D eigenvalue weighted by Gasteiger charge is 2.18. The van der Waals surface area contributed by atoms with Crippen LogP contribution in [0.2, 0.25) is 0 Å². The number of methoxy groups -OCH3 is 4. The standard InChI is InChI=1S/C24H33BrN2O5/c1-29-13-8-18-7-12-27(17-19(18)9-14-30-2)11-6-5-10-26-24(28)21-15-20(25)16-22(31-3)23(21)32-4/h8-9,13-16H,5-7,10-12,17H2,1-4H3,(H,26,28). The van der Waals surface area contributed by atoms with Crippen molar-refractivity contribution < 1.29 is 23.7 Å². The third-order valence-corrected chi connectivity index (χ3v) is 5.65. The molecule has 1 aromatic rings. The number of allylic oxidation sites excluding steroid dienone is 1. The maximum Gasteiger partial charge on any atom is 0.255 e. The van der Waals surface area contributed by atoms with Gasteiger partial charge >= 0.3 is 0 Å². The van der Waals surface area contributed by atoms with Crippen molar-refractivity contribution in [1.29, 1.82) is 0 Å². The third-order valence-electron chi connectivity index (χ3n) is 5.19. The van der Waals surface area contributed by atoms with E-state index >= 15 is 0 Å². The molecule has 176 valence electrons. The smallest absolute Gasteiger partial charge is 0.255 e. The Kier molecular flexibility index (Phi) is 11.2. The monoisotopic (exact) mass is 508 g/mol. The molecule has 32 heavy (non-hydrogen) atoms. The highest BCUT2D eigenvalue weighted by molar-refractivity contribution is 9.10. The molecule has 0 aliphatic carbocycles. The van der Waals surface area contributed by atoms with Crippen molar-refractivity contribution in [2.45, 2.75) is 19.3 Å². The van der Waals surface area contributed by atoms with Crippen LogP contribution in [-0.2, 0) is 9.47 Å². The maximum atomic E-state index is 12.7.